The van der Waals surface area contributed by atoms with Crippen molar-refractivity contribution in [2.75, 3.05) is 32.2 Å². The second-order valence-corrected chi connectivity index (χ2v) is 10.3. The number of nitrogens with zero attached hydrogens (tertiary/aromatic N) is 2. The van der Waals surface area contributed by atoms with E-state index in [1.54, 1.807) is 25.3 Å². The lowest BCUT2D eigenvalue weighted by atomic mass is 10.2. The number of carbonyl (C=O) groups is 1. The first-order valence-electron chi connectivity index (χ1n) is 12.5. The number of rotatable bonds is 11. The van der Waals surface area contributed by atoms with Gasteiger partial charge in [-0.15, -0.1) is 11.3 Å². The maximum Gasteiger partial charge on any atom is 0.230 e. The number of hydrogen-bond donors (Lipinski definition) is 1. The highest BCUT2D eigenvalue weighted by Gasteiger charge is 2.25. The van der Waals surface area contributed by atoms with Crippen LogP contribution in [-0.4, -0.2) is 54.7 Å². The number of aromatic nitrogens is 1. The minimum atomic E-state index is -0.291. The Kier molecular flexibility index (Phi) is 8.89. The number of amides is 1. The summed E-state index contributed by atoms with van der Waals surface area (Å²) in [6, 6.07) is 13.8. The maximum atomic E-state index is 12.8. The molecule has 9 heteroatoms. The lowest BCUT2D eigenvalue weighted by Crippen LogP contribution is -2.39. The molecule has 0 spiro atoms. The van der Waals surface area contributed by atoms with Crippen LogP contribution in [-0.2, 0) is 11.2 Å². The van der Waals surface area contributed by atoms with Crippen molar-refractivity contribution >= 4 is 22.9 Å². The Bertz CT molecular complexity index is 1190. The number of para-hydroxylation sites is 2. The van der Waals surface area contributed by atoms with Gasteiger partial charge in [0.15, 0.2) is 29.1 Å². The van der Waals surface area contributed by atoms with E-state index in [-0.39, 0.29) is 18.4 Å². The van der Waals surface area contributed by atoms with Crippen LogP contribution in [0.15, 0.2) is 47.8 Å². The quantitative estimate of drug-likeness (QED) is 0.362. The number of fused-ring (bicyclic) bond motifs is 1. The van der Waals surface area contributed by atoms with Crippen LogP contribution in [0.5, 0.6) is 23.0 Å². The normalized spacial score (nSPS) is 14.8. The van der Waals surface area contributed by atoms with Gasteiger partial charge in [-0.2, -0.15) is 0 Å². The van der Waals surface area contributed by atoms with Gasteiger partial charge in [0.2, 0.25) is 5.91 Å². The van der Waals surface area contributed by atoms with E-state index >= 15 is 0 Å². The van der Waals surface area contributed by atoms with Gasteiger partial charge in [-0.1, -0.05) is 12.1 Å². The van der Waals surface area contributed by atoms with Gasteiger partial charge in [0, 0.05) is 35.8 Å². The number of ether oxygens (including phenoxy) is 4. The summed E-state index contributed by atoms with van der Waals surface area (Å²) in [5.41, 5.74) is 1.33. The molecule has 4 rings (SSSR count). The molecule has 1 aliphatic rings. The summed E-state index contributed by atoms with van der Waals surface area (Å²) in [4.78, 5) is 19.8. The van der Waals surface area contributed by atoms with Crippen LogP contribution in [0.2, 0.25) is 0 Å². The van der Waals surface area contributed by atoms with Gasteiger partial charge in [-0.3, -0.25) is 9.69 Å². The van der Waals surface area contributed by atoms with Crippen molar-refractivity contribution in [1.82, 2.24) is 9.88 Å². The van der Waals surface area contributed by atoms with E-state index in [4.69, 9.17) is 18.9 Å². The summed E-state index contributed by atoms with van der Waals surface area (Å²) in [5.74, 6) is 2.49. The van der Waals surface area contributed by atoms with Gasteiger partial charge in [-0.25, -0.2) is 4.98 Å². The SMILES string of the molecule is COc1ccc(NC(=O)Cc2csc(C3COc4ccccc4O3)n2)cc1OCCN(C(C)C)C(C)C. The van der Waals surface area contributed by atoms with Gasteiger partial charge in [0.05, 0.1) is 19.2 Å². The zero-order chi connectivity index (χ0) is 26.4. The average Bonchev–Trinajstić information content (AvgIpc) is 3.34. The van der Waals surface area contributed by atoms with Crippen molar-refractivity contribution in [3.8, 4) is 23.0 Å². The largest absolute Gasteiger partial charge is 0.493 e. The molecule has 37 heavy (non-hydrogen) atoms. The predicted molar refractivity (Wildman–Crippen MR) is 145 cm³/mol. The molecule has 198 valence electrons. The molecule has 3 aromatic rings. The summed E-state index contributed by atoms with van der Waals surface area (Å²) in [5, 5.41) is 5.62. The lowest BCUT2D eigenvalue weighted by Gasteiger charge is -2.30. The average molecular weight is 526 g/mol. The van der Waals surface area contributed by atoms with E-state index in [0.717, 1.165) is 17.3 Å². The molecule has 1 unspecified atom stereocenters. The Hall–Kier alpha value is -3.30. The van der Waals surface area contributed by atoms with Crippen molar-refractivity contribution in [3.05, 3.63) is 58.5 Å². The van der Waals surface area contributed by atoms with Crippen LogP contribution < -0.4 is 24.3 Å². The smallest absolute Gasteiger partial charge is 0.230 e. The Labute approximate surface area is 222 Å². The summed E-state index contributed by atoms with van der Waals surface area (Å²) in [6.07, 6.45) is -0.138. The minimum absolute atomic E-state index is 0.153. The van der Waals surface area contributed by atoms with Crippen LogP contribution in [0, 0.1) is 0 Å². The van der Waals surface area contributed by atoms with Crippen LogP contribution in [0.25, 0.3) is 0 Å². The van der Waals surface area contributed by atoms with Gasteiger partial charge < -0.3 is 24.3 Å². The molecule has 2 aromatic carbocycles. The summed E-state index contributed by atoms with van der Waals surface area (Å²) >= 11 is 1.46. The van der Waals surface area contributed by atoms with Crippen molar-refractivity contribution in [3.63, 3.8) is 0 Å². The van der Waals surface area contributed by atoms with E-state index in [9.17, 15) is 4.79 Å². The van der Waals surface area contributed by atoms with Gasteiger partial charge in [0.25, 0.3) is 0 Å². The number of anilines is 1. The first-order valence-corrected chi connectivity index (χ1v) is 13.4. The molecule has 0 aliphatic carbocycles. The first kappa shape index (κ1) is 26.8. The highest BCUT2D eigenvalue weighted by molar-refractivity contribution is 7.09. The van der Waals surface area contributed by atoms with E-state index in [1.807, 2.05) is 29.6 Å². The fraction of sp³-hybridized carbons (Fsp3) is 0.429. The number of nitrogens with one attached hydrogen (secondary N) is 1. The molecule has 1 atom stereocenters. The fourth-order valence-corrected chi connectivity index (χ4v) is 5.13. The Morgan fingerprint density at radius 2 is 1.89 bits per heavy atom. The van der Waals surface area contributed by atoms with E-state index in [2.05, 4.69) is 42.9 Å². The zero-order valence-corrected chi connectivity index (χ0v) is 22.8. The number of methoxy groups -OCH3 is 1. The minimum Gasteiger partial charge on any atom is -0.493 e. The first-order chi connectivity index (χ1) is 17.8. The van der Waals surface area contributed by atoms with Crippen LogP contribution >= 0.6 is 11.3 Å². The molecule has 0 fully saturated rings. The maximum absolute atomic E-state index is 12.8. The highest BCUT2D eigenvalue weighted by Crippen LogP contribution is 2.36. The van der Waals surface area contributed by atoms with Crippen molar-refractivity contribution in [1.29, 1.82) is 0 Å². The Balaban J connectivity index is 1.33. The molecule has 8 nitrogen and oxygen atoms in total. The topological polar surface area (TPSA) is 82.2 Å². The molecular formula is C28H35N3O5S. The number of carbonyl (C=O) groups excluding carboxylic acids is 1. The molecule has 2 heterocycles. The van der Waals surface area contributed by atoms with Gasteiger partial charge in [-0.05, 0) is 52.0 Å². The highest BCUT2D eigenvalue weighted by atomic mass is 32.1. The van der Waals surface area contributed by atoms with Gasteiger partial charge >= 0.3 is 0 Å². The Morgan fingerprint density at radius 3 is 2.62 bits per heavy atom. The molecular weight excluding hydrogens is 490 g/mol. The summed E-state index contributed by atoms with van der Waals surface area (Å²) in [7, 11) is 1.61. The van der Waals surface area contributed by atoms with Crippen LogP contribution in [0.3, 0.4) is 0 Å². The molecule has 0 saturated heterocycles. The van der Waals surface area contributed by atoms with Crippen molar-refractivity contribution in [2.24, 2.45) is 0 Å². The second-order valence-electron chi connectivity index (χ2n) is 9.41. The van der Waals surface area contributed by atoms with E-state index in [0.29, 0.717) is 53.9 Å². The molecule has 1 amide bonds. The van der Waals surface area contributed by atoms with Crippen molar-refractivity contribution < 1.29 is 23.7 Å². The third-order valence-electron chi connectivity index (χ3n) is 6.08. The molecule has 1 aromatic heterocycles. The number of benzene rings is 2. The van der Waals surface area contributed by atoms with Crippen LogP contribution in [0.1, 0.15) is 44.5 Å². The third kappa shape index (κ3) is 6.93. The van der Waals surface area contributed by atoms with E-state index < -0.39 is 0 Å². The number of thiazole rings is 1. The summed E-state index contributed by atoms with van der Waals surface area (Å²) in [6.45, 7) is 10.4. The predicted octanol–water partition coefficient (Wildman–Crippen LogP) is 5.34. The molecule has 1 N–H and O–H groups in total. The molecule has 0 saturated carbocycles. The Morgan fingerprint density at radius 1 is 1.14 bits per heavy atom. The van der Waals surface area contributed by atoms with E-state index in [1.165, 1.54) is 11.3 Å². The monoisotopic (exact) mass is 525 g/mol. The zero-order valence-electron chi connectivity index (χ0n) is 22.0. The van der Waals surface area contributed by atoms with Crippen molar-refractivity contribution in [2.45, 2.75) is 52.3 Å². The summed E-state index contributed by atoms with van der Waals surface area (Å²) < 4.78 is 23.3. The molecule has 0 bridgehead atoms. The molecule has 0 radical (unpaired) electrons. The lowest BCUT2D eigenvalue weighted by molar-refractivity contribution is -0.115. The second kappa shape index (κ2) is 12.3. The van der Waals surface area contributed by atoms with Gasteiger partial charge in [0.1, 0.15) is 18.2 Å². The fourth-order valence-electron chi connectivity index (χ4n) is 4.30. The standard InChI is InChI=1S/C28H35N3O5S/c1-18(2)31(19(3)4)12-13-34-25-14-20(10-11-22(25)33-5)29-27(32)15-21-17-37-28(30-21)26-16-35-23-8-6-7-9-24(23)36-26/h6-11,14,17-19,26H,12-13,15-16H2,1-5H3,(H,29,32). The third-order valence-corrected chi connectivity index (χ3v) is 7.06. The van der Waals surface area contributed by atoms with Crippen LogP contribution in [0.4, 0.5) is 5.69 Å². The number of hydrogen-bond acceptors (Lipinski definition) is 8. The molecule has 1 aliphatic heterocycles.